The van der Waals surface area contributed by atoms with E-state index in [1.165, 1.54) is 5.56 Å². The average molecular weight is 272 g/mol. The van der Waals surface area contributed by atoms with Crippen LogP contribution < -0.4 is 5.32 Å². The fraction of sp³-hybridized carbons (Fsp3) is 0.500. The molecule has 0 aliphatic rings. The van der Waals surface area contributed by atoms with Crippen LogP contribution in [0.4, 0.5) is 0 Å². The number of benzene rings is 1. The maximum atomic E-state index is 11.0. The maximum absolute atomic E-state index is 11.0. The minimum absolute atomic E-state index is 0. The Morgan fingerprint density at radius 3 is 2.61 bits per heavy atom. The first kappa shape index (κ1) is 16.9. The van der Waals surface area contributed by atoms with Gasteiger partial charge in [0.1, 0.15) is 0 Å². The zero-order valence-corrected chi connectivity index (χ0v) is 11.7. The predicted molar refractivity (Wildman–Crippen MR) is 76.1 cm³/mol. The summed E-state index contributed by atoms with van der Waals surface area (Å²) in [6.45, 7) is 3.46. The number of ether oxygens (including phenoxy) is 1. The average Bonchev–Trinajstić information content (AvgIpc) is 2.35. The highest BCUT2D eigenvalue weighted by molar-refractivity contribution is 5.85. The van der Waals surface area contributed by atoms with Gasteiger partial charge in [-0.05, 0) is 38.3 Å². The fourth-order valence-corrected chi connectivity index (χ4v) is 1.63. The van der Waals surface area contributed by atoms with E-state index in [4.69, 9.17) is 4.74 Å². The quantitative estimate of drug-likeness (QED) is 0.583. The van der Waals surface area contributed by atoms with Crippen LogP contribution >= 0.6 is 12.4 Å². The Hall–Kier alpha value is -1.06. The molecule has 0 saturated heterocycles. The zero-order valence-electron chi connectivity index (χ0n) is 10.9. The van der Waals surface area contributed by atoms with Crippen LogP contribution in [0, 0.1) is 0 Å². The number of aryl methyl sites for hydroxylation is 1. The summed E-state index contributed by atoms with van der Waals surface area (Å²) in [6.07, 6.45) is 3.32. The van der Waals surface area contributed by atoms with E-state index >= 15 is 0 Å². The summed E-state index contributed by atoms with van der Waals surface area (Å²) in [5.41, 5.74) is 1.37. The fourth-order valence-electron chi connectivity index (χ4n) is 1.63. The highest BCUT2D eigenvalue weighted by atomic mass is 35.5. The molecule has 0 atom stereocenters. The molecule has 1 rings (SSSR count). The lowest BCUT2D eigenvalue weighted by molar-refractivity contribution is -0.141. The number of carbonyl (C=O) groups excluding carboxylic acids is 1. The number of carbonyl (C=O) groups is 1. The molecule has 0 fully saturated rings. The van der Waals surface area contributed by atoms with Gasteiger partial charge in [0, 0.05) is 0 Å². The lowest BCUT2D eigenvalue weighted by Crippen LogP contribution is -2.25. The lowest BCUT2D eigenvalue weighted by atomic mass is 10.1. The second-order valence-corrected chi connectivity index (χ2v) is 3.92. The van der Waals surface area contributed by atoms with Crippen LogP contribution in [0.5, 0.6) is 0 Å². The molecule has 1 aromatic rings. The SMILES string of the molecule is CCOC(=O)CNCCCCc1ccccc1.Cl. The van der Waals surface area contributed by atoms with E-state index in [1.807, 2.05) is 13.0 Å². The first-order valence-electron chi connectivity index (χ1n) is 6.23. The monoisotopic (exact) mass is 271 g/mol. The number of unbranched alkanes of at least 4 members (excludes halogenated alkanes) is 1. The van der Waals surface area contributed by atoms with Gasteiger partial charge in [0.05, 0.1) is 13.2 Å². The van der Waals surface area contributed by atoms with Crippen molar-refractivity contribution in [3.05, 3.63) is 35.9 Å². The normalized spacial score (nSPS) is 9.61. The largest absolute Gasteiger partial charge is 0.465 e. The summed E-state index contributed by atoms with van der Waals surface area (Å²) in [6, 6.07) is 10.4. The molecule has 3 nitrogen and oxygen atoms in total. The van der Waals surface area contributed by atoms with Crippen molar-refractivity contribution in [1.82, 2.24) is 5.32 Å². The van der Waals surface area contributed by atoms with Gasteiger partial charge < -0.3 is 10.1 Å². The van der Waals surface area contributed by atoms with E-state index in [2.05, 4.69) is 29.6 Å². The Bertz CT molecular complexity index is 317. The van der Waals surface area contributed by atoms with Crippen molar-refractivity contribution in [1.29, 1.82) is 0 Å². The van der Waals surface area contributed by atoms with Crippen molar-refractivity contribution in [2.45, 2.75) is 26.2 Å². The van der Waals surface area contributed by atoms with Gasteiger partial charge in [-0.2, -0.15) is 0 Å². The van der Waals surface area contributed by atoms with E-state index in [1.54, 1.807) is 0 Å². The third-order valence-corrected chi connectivity index (χ3v) is 2.49. The molecule has 0 unspecified atom stereocenters. The molecule has 0 aliphatic carbocycles. The first-order valence-corrected chi connectivity index (χ1v) is 6.23. The summed E-state index contributed by atoms with van der Waals surface area (Å²) < 4.78 is 4.82. The van der Waals surface area contributed by atoms with Gasteiger partial charge in [0.15, 0.2) is 0 Å². The number of halogens is 1. The van der Waals surface area contributed by atoms with E-state index in [-0.39, 0.29) is 18.4 Å². The molecule has 0 heterocycles. The molecule has 0 aliphatic heterocycles. The van der Waals surface area contributed by atoms with Crippen LogP contribution in [0.15, 0.2) is 30.3 Å². The van der Waals surface area contributed by atoms with Crippen molar-refractivity contribution >= 4 is 18.4 Å². The van der Waals surface area contributed by atoms with Gasteiger partial charge in [-0.3, -0.25) is 4.79 Å². The molecule has 0 amide bonds. The Kier molecular flexibility index (Phi) is 10.4. The van der Waals surface area contributed by atoms with E-state index in [0.29, 0.717) is 13.2 Å². The molecule has 0 bridgehead atoms. The minimum Gasteiger partial charge on any atom is -0.465 e. The van der Waals surface area contributed by atoms with Crippen LogP contribution in [-0.2, 0) is 16.0 Å². The van der Waals surface area contributed by atoms with Crippen LogP contribution in [0.3, 0.4) is 0 Å². The Labute approximate surface area is 115 Å². The Morgan fingerprint density at radius 1 is 1.22 bits per heavy atom. The molecule has 0 saturated carbocycles. The van der Waals surface area contributed by atoms with Gasteiger partial charge in [0.2, 0.25) is 0 Å². The zero-order chi connectivity index (χ0) is 12.3. The van der Waals surface area contributed by atoms with Crippen molar-refractivity contribution in [2.75, 3.05) is 19.7 Å². The molecule has 1 N–H and O–H groups in total. The molecule has 4 heteroatoms. The van der Waals surface area contributed by atoms with Gasteiger partial charge >= 0.3 is 5.97 Å². The van der Waals surface area contributed by atoms with Crippen LogP contribution in [-0.4, -0.2) is 25.7 Å². The van der Waals surface area contributed by atoms with Gasteiger partial charge in [-0.25, -0.2) is 0 Å². The smallest absolute Gasteiger partial charge is 0.319 e. The summed E-state index contributed by atoms with van der Waals surface area (Å²) in [7, 11) is 0. The van der Waals surface area contributed by atoms with E-state index in [0.717, 1.165) is 25.8 Å². The highest BCUT2D eigenvalue weighted by Crippen LogP contribution is 2.03. The molecule has 1 aromatic carbocycles. The van der Waals surface area contributed by atoms with Crippen molar-refractivity contribution < 1.29 is 9.53 Å². The van der Waals surface area contributed by atoms with Gasteiger partial charge in [0.25, 0.3) is 0 Å². The summed E-state index contributed by atoms with van der Waals surface area (Å²) >= 11 is 0. The third kappa shape index (κ3) is 8.09. The molecule has 0 radical (unpaired) electrons. The van der Waals surface area contributed by atoms with E-state index < -0.39 is 0 Å². The first-order chi connectivity index (χ1) is 8.33. The number of hydrogen-bond acceptors (Lipinski definition) is 3. The van der Waals surface area contributed by atoms with Gasteiger partial charge in [-0.1, -0.05) is 30.3 Å². The lowest BCUT2D eigenvalue weighted by Gasteiger charge is -2.04. The number of rotatable bonds is 8. The summed E-state index contributed by atoms with van der Waals surface area (Å²) in [5, 5.41) is 3.08. The van der Waals surface area contributed by atoms with Crippen molar-refractivity contribution in [2.24, 2.45) is 0 Å². The minimum atomic E-state index is -0.171. The highest BCUT2D eigenvalue weighted by Gasteiger charge is 1.99. The van der Waals surface area contributed by atoms with E-state index in [9.17, 15) is 4.79 Å². The Morgan fingerprint density at radius 2 is 1.94 bits per heavy atom. The molecule has 102 valence electrons. The van der Waals surface area contributed by atoms with Crippen LogP contribution in [0.2, 0.25) is 0 Å². The van der Waals surface area contributed by atoms with Crippen LogP contribution in [0.1, 0.15) is 25.3 Å². The molecule has 18 heavy (non-hydrogen) atoms. The number of hydrogen-bond donors (Lipinski definition) is 1. The molecule has 0 spiro atoms. The van der Waals surface area contributed by atoms with Gasteiger partial charge in [-0.15, -0.1) is 12.4 Å². The topological polar surface area (TPSA) is 38.3 Å². The summed E-state index contributed by atoms with van der Waals surface area (Å²) in [4.78, 5) is 11.0. The van der Waals surface area contributed by atoms with Crippen LogP contribution in [0.25, 0.3) is 0 Å². The number of esters is 1. The molecular weight excluding hydrogens is 250 g/mol. The number of nitrogens with one attached hydrogen (secondary N) is 1. The molecule has 0 aromatic heterocycles. The van der Waals surface area contributed by atoms with Crippen molar-refractivity contribution in [3.8, 4) is 0 Å². The second-order valence-electron chi connectivity index (χ2n) is 3.92. The standard InChI is InChI=1S/C14H21NO2.ClH/c1-2-17-14(16)12-15-11-7-6-10-13-8-4-3-5-9-13;/h3-5,8-9,15H,2,6-7,10-12H2,1H3;1H. The molecular formula is C14H22ClNO2. The summed E-state index contributed by atoms with van der Waals surface area (Å²) in [5.74, 6) is -0.171. The maximum Gasteiger partial charge on any atom is 0.319 e. The predicted octanol–water partition coefficient (Wildman–Crippen LogP) is 2.58. The Balaban J connectivity index is 0.00000289. The van der Waals surface area contributed by atoms with Crippen molar-refractivity contribution in [3.63, 3.8) is 0 Å². The third-order valence-electron chi connectivity index (χ3n) is 2.49. The second kappa shape index (κ2) is 11.1.